The van der Waals surface area contributed by atoms with Gasteiger partial charge >= 0.3 is 12.1 Å². The number of carbonyl (C=O) groups is 1. The molecule has 116 valence electrons. The molecule has 4 nitrogen and oxygen atoms in total. The van der Waals surface area contributed by atoms with Crippen LogP contribution in [-0.2, 0) is 23.9 Å². The monoisotopic (exact) mass is 310 g/mol. The number of imidazole rings is 1. The molecule has 0 unspecified atom stereocenters. The molecule has 7 heteroatoms. The highest BCUT2D eigenvalue weighted by Gasteiger charge is 2.35. The van der Waals surface area contributed by atoms with E-state index in [1.165, 1.54) is 11.7 Å². The maximum Gasteiger partial charge on any atom is 0.434 e. The molecule has 0 atom stereocenters. The largest absolute Gasteiger partial charge is 0.465 e. The molecular formula is C15H13F3N2O2. The fraction of sp³-hybridized carbons (Fsp3) is 0.333. The molecule has 0 aliphatic carbocycles. The number of halogens is 3. The van der Waals surface area contributed by atoms with Crippen LogP contribution in [0.25, 0.3) is 11.4 Å². The zero-order valence-electron chi connectivity index (χ0n) is 11.8. The minimum absolute atomic E-state index is 0.288. The van der Waals surface area contributed by atoms with Gasteiger partial charge in [0.1, 0.15) is 5.82 Å². The molecule has 1 aliphatic rings. The number of hydrogen-bond donors (Lipinski definition) is 0. The third kappa shape index (κ3) is 2.47. The van der Waals surface area contributed by atoms with Gasteiger partial charge in [0.2, 0.25) is 0 Å². The van der Waals surface area contributed by atoms with Crippen LogP contribution < -0.4 is 0 Å². The van der Waals surface area contributed by atoms with Crippen molar-refractivity contribution >= 4 is 5.97 Å². The normalized spacial score (nSPS) is 14.0. The molecule has 1 aromatic carbocycles. The van der Waals surface area contributed by atoms with Crippen molar-refractivity contribution in [2.24, 2.45) is 0 Å². The number of fused-ring (bicyclic) bond motifs is 3. The lowest BCUT2D eigenvalue weighted by Crippen LogP contribution is -2.05. The molecule has 1 aromatic heterocycles. The van der Waals surface area contributed by atoms with Crippen LogP contribution >= 0.6 is 0 Å². The van der Waals surface area contributed by atoms with Gasteiger partial charge in [-0.2, -0.15) is 13.2 Å². The molecule has 0 spiro atoms. The second kappa shape index (κ2) is 5.15. The number of rotatable bonds is 1. The average Bonchev–Trinajstić information content (AvgIpc) is 2.83. The average molecular weight is 310 g/mol. The molecule has 2 aromatic rings. The molecule has 0 saturated carbocycles. The predicted molar refractivity (Wildman–Crippen MR) is 72.3 cm³/mol. The summed E-state index contributed by atoms with van der Waals surface area (Å²) in [5.74, 6) is -0.178. The Labute approximate surface area is 124 Å². The molecular weight excluding hydrogens is 297 g/mol. The van der Waals surface area contributed by atoms with Crippen LogP contribution in [0.3, 0.4) is 0 Å². The van der Waals surface area contributed by atoms with Gasteiger partial charge in [-0.3, -0.25) is 0 Å². The van der Waals surface area contributed by atoms with E-state index in [0.717, 1.165) is 11.8 Å². The highest BCUT2D eigenvalue weighted by molar-refractivity contribution is 5.90. The van der Waals surface area contributed by atoms with E-state index in [0.29, 0.717) is 30.5 Å². The predicted octanol–water partition coefficient (Wildman–Crippen LogP) is 3.30. The van der Waals surface area contributed by atoms with E-state index >= 15 is 0 Å². The maximum absolute atomic E-state index is 12.8. The fourth-order valence-corrected chi connectivity index (χ4v) is 2.64. The summed E-state index contributed by atoms with van der Waals surface area (Å²) in [6, 6.07) is 4.84. The highest BCUT2D eigenvalue weighted by Crippen LogP contribution is 2.34. The van der Waals surface area contributed by atoms with E-state index in [2.05, 4.69) is 9.72 Å². The molecule has 2 heterocycles. The molecule has 0 fully saturated rings. The Kier molecular flexibility index (Phi) is 3.42. The van der Waals surface area contributed by atoms with Gasteiger partial charge in [-0.05, 0) is 30.5 Å². The zero-order valence-corrected chi connectivity index (χ0v) is 11.8. The van der Waals surface area contributed by atoms with Gasteiger partial charge in [0.15, 0.2) is 5.69 Å². The van der Waals surface area contributed by atoms with E-state index in [-0.39, 0.29) is 5.82 Å². The minimum atomic E-state index is -4.47. The second-order valence-corrected chi connectivity index (χ2v) is 5.11. The standard InChI is InChI=1S/C15H13F3N2O2/c1-22-14(21)10-4-5-11-9(7-10)3-2-6-20-8-12(15(16,17)18)19-13(11)20/h4-5,7-8H,2-3,6H2,1H3. The van der Waals surface area contributed by atoms with E-state index in [1.807, 2.05) is 0 Å². The molecule has 0 bridgehead atoms. The van der Waals surface area contributed by atoms with Gasteiger partial charge in [-0.15, -0.1) is 0 Å². The number of methoxy groups -OCH3 is 1. The number of carbonyl (C=O) groups excluding carboxylic acids is 1. The van der Waals surface area contributed by atoms with Crippen molar-refractivity contribution in [3.63, 3.8) is 0 Å². The van der Waals surface area contributed by atoms with Gasteiger partial charge in [0.05, 0.1) is 12.7 Å². The first-order chi connectivity index (χ1) is 10.4. The van der Waals surface area contributed by atoms with E-state index in [1.54, 1.807) is 18.2 Å². The zero-order chi connectivity index (χ0) is 15.9. The van der Waals surface area contributed by atoms with Crippen molar-refractivity contribution in [1.82, 2.24) is 9.55 Å². The van der Waals surface area contributed by atoms with Crippen LogP contribution in [0.5, 0.6) is 0 Å². The lowest BCUT2D eigenvalue weighted by Gasteiger charge is -2.07. The van der Waals surface area contributed by atoms with Crippen LogP contribution in [0.1, 0.15) is 28.0 Å². The SMILES string of the molecule is COC(=O)c1ccc2c(c1)CCCn1cc(C(F)(F)F)nc1-2. The summed E-state index contributed by atoms with van der Waals surface area (Å²) in [4.78, 5) is 15.3. The number of aromatic nitrogens is 2. The van der Waals surface area contributed by atoms with Crippen molar-refractivity contribution in [3.8, 4) is 11.4 Å². The number of hydrogen-bond acceptors (Lipinski definition) is 3. The summed E-state index contributed by atoms with van der Waals surface area (Å²) in [5, 5.41) is 0. The number of alkyl halides is 3. The Hall–Kier alpha value is -2.31. The first-order valence-electron chi connectivity index (χ1n) is 6.76. The van der Waals surface area contributed by atoms with E-state index in [4.69, 9.17) is 0 Å². The van der Waals surface area contributed by atoms with E-state index < -0.39 is 17.8 Å². The van der Waals surface area contributed by atoms with Crippen LogP contribution in [0.15, 0.2) is 24.4 Å². The quantitative estimate of drug-likeness (QED) is 0.759. The van der Waals surface area contributed by atoms with Crippen molar-refractivity contribution in [1.29, 1.82) is 0 Å². The van der Waals surface area contributed by atoms with Crippen molar-refractivity contribution in [2.45, 2.75) is 25.6 Å². The topological polar surface area (TPSA) is 44.1 Å². The lowest BCUT2D eigenvalue weighted by atomic mass is 10.0. The Balaban J connectivity index is 2.10. The minimum Gasteiger partial charge on any atom is -0.465 e. The summed E-state index contributed by atoms with van der Waals surface area (Å²) in [6.45, 7) is 0.459. The smallest absolute Gasteiger partial charge is 0.434 e. The van der Waals surface area contributed by atoms with E-state index in [9.17, 15) is 18.0 Å². The first-order valence-corrected chi connectivity index (χ1v) is 6.76. The van der Waals surface area contributed by atoms with Crippen molar-refractivity contribution < 1.29 is 22.7 Å². The third-order valence-electron chi connectivity index (χ3n) is 3.68. The Morgan fingerprint density at radius 3 is 2.82 bits per heavy atom. The fourth-order valence-electron chi connectivity index (χ4n) is 2.64. The first kappa shape index (κ1) is 14.6. The van der Waals surface area contributed by atoms with Crippen LogP contribution in [0, 0.1) is 0 Å². The second-order valence-electron chi connectivity index (χ2n) is 5.11. The molecule has 3 rings (SSSR count). The van der Waals surface area contributed by atoms with Gasteiger partial charge in [0.25, 0.3) is 0 Å². The summed E-state index contributed by atoms with van der Waals surface area (Å²) in [7, 11) is 1.29. The number of ether oxygens (including phenoxy) is 1. The summed E-state index contributed by atoms with van der Waals surface area (Å²) in [5.41, 5.74) is 0.923. The van der Waals surface area contributed by atoms with Crippen molar-refractivity contribution in [2.75, 3.05) is 7.11 Å². The lowest BCUT2D eigenvalue weighted by molar-refractivity contribution is -0.140. The summed E-state index contributed by atoms with van der Waals surface area (Å²) < 4.78 is 44.7. The number of benzene rings is 1. The maximum atomic E-state index is 12.8. The van der Waals surface area contributed by atoms with Crippen LogP contribution in [0.2, 0.25) is 0 Å². The number of nitrogens with zero attached hydrogens (tertiary/aromatic N) is 2. The number of aryl methyl sites for hydroxylation is 2. The van der Waals surface area contributed by atoms with Gasteiger partial charge in [-0.1, -0.05) is 6.07 Å². The Morgan fingerprint density at radius 2 is 2.14 bits per heavy atom. The van der Waals surface area contributed by atoms with Gasteiger partial charge in [0, 0.05) is 18.3 Å². The molecule has 0 radical (unpaired) electrons. The molecule has 1 aliphatic heterocycles. The highest BCUT2D eigenvalue weighted by atomic mass is 19.4. The molecule has 0 amide bonds. The summed E-state index contributed by atoms with van der Waals surface area (Å²) >= 11 is 0. The Morgan fingerprint density at radius 1 is 1.36 bits per heavy atom. The molecule has 0 N–H and O–H groups in total. The molecule has 0 saturated heterocycles. The molecule has 22 heavy (non-hydrogen) atoms. The van der Waals surface area contributed by atoms with Crippen LogP contribution in [0.4, 0.5) is 13.2 Å². The Bertz CT molecular complexity index is 735. The number of esters is 1. The summed E-state index contributed by atoms with van der Waals surface area (Å²) in [6.07, 6.45) is -2.08. The van der Waals surface area contributed by atoms with Crippen LogP contribution in [-0.4, -0.2) is 22.6 Å². The van der Waals surface area contributed by atoms with Crippen molar-refractivity contribution in [3.05, 3.63) is 41.2 Å². The van der Waals surface area contributed by atoms with Gasteiger partial charge < -0.3 is 9.30 Å². The third-order valence-corrected chi connectivity index (χ3v) is 3.68. The van der Waals surface area contributed by atoms with Gasteiger partial charge in [-0.25, -0.2) is 9.78 Å².